The molecule has 0 spiro atoms. The van der Waals surface area contributed by atoms with Crippen LogP contribution in [-0.4, -0.2) is 73.4 Å². The number of alkyl halides is 3. The molecule has 1 unspecified atom stereocenters. The molecule has 0 aromatic heterocycles. The number of likely N-dealkylation sites (N-methyl/N-ethyl adjacent to an activating group) is 2. The van der Waals surface area contributed by atoms with Gasteiger partial charge in [0.15, 0.2) is 5.41 Å². The van der Waals surface area contributed by atoms with E-state index < -0.39 is 36.6 Å². The first kappa shape index (κ1) is 16.5. The van der Waals surface area contributed by atoms with Crippen molar-refractivity contribution in [1.29, 1.82) is 0 Å². The molecule has 0 aliphatic carbocycles. The second kappa shape index (κ2) is 5.86. The van der Waals surface area contributed by atoms with Crippen LogP contribution in [0.25, 0.3) is 0 Å². The topological polar surface area (TPSA) is 72.9 Å². The number of rotatable bonds is 4. The molecule has 116 valence electrons. The summed E-state index contributed by atoms with van der Waals surface area (Å²) in [6.45, 7) is -0.222. The summed E-state index contributed by atoms with van der Waals surface area (Å²) in [7, 11) is 3.15. The van der Waals surface area contributed by atoms with Crippen molar-refractivity contribution in [3.05, 3.63) is 0 Å². The summed E-state index contributed by atoms with van der Waals surface area (Å²) in [5.74, 6) is -1.93. The van der Waals surface area contributed by atoms with Gasteiger partial charge in [-0.25, -0.2) is 4.79 Å². The molecule has 0 aromatic rings. The third kappa shape index (κ3) is 2.97. The van der Waals surface area contributed by atoms with Gasteiger partial charge in [-0.3, -0.25) is 4.79 Å². The number of nitrogens with zero attached hydrogens (tertiary/aromatic N) is 2. The maximum Gasteiger partial charge on any atom is 0.406 e. The van der Waals surface area contributed by atoms with Crippen LogP contribution in [0.4, 0.5) is 18.0 Å². The van der Waals surface area contributed by atoms with Crippen LogP contribution in [0.3, 0.4) is 0 Å². The van der Waals surface area contributed by atoms with E-state index in [2.05, 4.69) is 5.32 Å². The van der Waals surface area contributed by atoms with Gasteiger partial charge >= 0.3 is 18.2 Å². The summed E-state index contributed by atoms with van der Waals surface area (Å²) in [5.41, 5.74) is -2.85. The average Bonchev–Trinajstić information content (AvgIpc) is 2.80. The van der Waals surface area contributed by atoms with Crippen molar-refractivity contribution >= 4 is 12.0 Å². The second-order valence-electron chi connectivity index (χ2n) is 4.86. The zero-order valence-electron chi connectivity index (χ0n) is 11.3. The highest BCUT2D eigenvalue weighted by molar-refractivity contribution is 5.80. The van der Waals surface area contributed by atoms with Crippen molar-refractivity contribution in [1.82, 2.24) is 15.1 Å². The van der Waals surface area contributed by atoms with Gasteiger partial charge in [0.05, 0.1) is 0 Å². The molecule has 1 atom stereocenters. The molecule has 9 heteroatoms. The van der Waals surface area contributed by atoms with Crippen molar-refractivity contribution in [2.75, 3.05) is 40.3 Å². The molecule has 1 heterocycles. The van der Waals surface area contributed by atoms with Gasteiger partial charge in [-0.15, -0.1) is 0 Å². The van der Waals surface area contributed by atoms with Crippen molar-refractivity contribution < 1.29 is 27.9 Å². The summed E-state index contributed by atoms with van der Waals surface area (Å²) < 4.78 is 38.9. The normalized spacial score (nSPS) is 22.9. The molecule has 1 aliphatic rings. The Kier molecular flexibility index (Phi) is 4.85. The van der Waals surface area contributed by atoms with Gasteiger partial charge in [0.25, 0.3) is 0 Å². The smallest absolute Gasteiger partial charge is 0.406 e. The minimum atomic E-state index is -4.88. The maximum atomic E-state index is 13.0. The quantitative estimate of drug-likeness (QED) is 0.797. The lowest BCUT2D eigenvalue weighted by Gasteiger charge is -2.29. The highest BCUT2D eigenvalue weighted by Gasteiger charge is 2.64. The summed E-state index contributed by atoms with van der Waals surface area (Å²) in [6, 6.07) is -0.590. The molecule has 0 aromatic carbocycles. The molecule has 20 heavy (non-hydrogen) atoms. The Morgan fingerprint density at radius 2 is 2.05 bits per heavy atom. The van der Waals surface area contributed by atoms with Gasteiger partial charge in [0.2, 0.25) is 0 Å². The van der Waals surface area contributed by atoms with E-state index in [4.69, 9.17) is 5.11 Å². The third-order valence-corrected chi connectivity index (χ3v) is 3.52. The number of hydrogen-bond acceptors (Lipinski definition) is 3. The predicted molar refractivity (Wildman–Crippen MR) is 64.3 cm³/mol. The largest absolute Gasteiger partial charge is 0.481 e. The number of nitrogens with one attached hydrogen (secondary N) is 1. The first-order chi connectivity index (χ1) is 9.15. The lowest BCUT2D eigenvalue weighted by Crippen LogP contribution is -2.49. The van der Waals surface area contributed by atoms with Gasteiger partial charge in [-0.05, 0) is 13.5 Å². The van der Waals surface area contributed by atoms with E-state index in [1.54, 1.807) is 7.05 Å². The van der Waals surface area contributed by atoms with E-state index in [-0.39, 0.29) is 6.54 Å². The van der Waals surface area contributed by atoms with Crippen LogP contribution < -0.4 is 5.32 Å². The second-order valence-corrected chi connectivity index (χ2v) is 4.86. The van der Waals surface area contributed by atoms with Gasteiger partial charge < -0.3 is 20.2 Å². The number of carbonyl (C=O) groups excluding carboxylic acids is 1. The summed E-state index contributed by atoms with van der Waals surface area (Å²) in [4.78, 5) is 25.2. The zero-order chi connectivity index (χ0) is 15.6. The molecular formula is C11H18F3N3O3. The molecule has 6 nitrogen and oxygen atoms in total. The lowest BCUT2D eigenvalue weighted by atomic mass is 9.86. The number of carboxylic acid groups (broad SMARTS) is 1. The van der Waals surface area contributed by atoms with E-state index in [9.17, 15) is 22.8 Å². The number of amides is 2. The van der Waals surface area contributed by atoms with Crippen LogP contribution in [0.1, 0.15) is 6.42 Å². The van der Waals surface area contributed by atoms with E-state index >= 15 is 0 Å². The molecule has 1 fully saturated rings. The Morgan fingerprint density at radius 1 is 1.45 bits per heavy atom. The molecule has 2 N–H and O–H groups in total. The van der Waals surface area contributed by atoms with Gasteiger partial charge in [-0.2, -0.15) is 13.2 Å². The zero-order valence-corrected chi connectivity index (χ0v) is 11.3. The molecule has 1 saturated heterocycles. The van der Waals surface area contributed by atoms with Crippen LogP contribution in [0.5, 0.6) is 0 Å². The molecule has 0 bridgehead atoms. The Bertz CT molecular complexity index is 389. The van der Waals surface area contributed by atoms with E-state index in [0.717, 1.165) is 4.90 Å². The number of halogens is 3. The monoisotopic (exact) mass is 297 g/mol. The Hall–Kier alpha value is -1.51. The van der Waals surface area contributed by atoms with Crippen LogP contribution in [0, 0.1) is 5.41 Å². The molecule has 0 radical (unpaired) electrons. The highest BCUT2D eigenvalue weighted by atomic mass is 19.4. The molecule has 2 amide bonds. The maximum absolute atomic E-state index is 13.0. The number of carboxylic acids is 1. The van der Waals surface area contributed by atoms with Crippen molar-refractivity contribution in [2.24, 2.45) is 5.41 Å². The van der Waals surface area contributed by atoms with Crippen molar-refractivity contribution in [3.8, 4) is 0 Å². The first-order valence-electron chi connectivity index (χ1n) is 6.10. The van der Waals surface area contributed by atoms with E-state index in [1.807, 2.05) is 0 Å². The molecular weight excluding hydrogens is 279 g/mol. The minimum Gasteiger partial charge on any atom is -0.481 e. The van der Waals surface area contributed by atoms with Gasteiger partial charge in [0, 0.05) is 33.2 Å². The molecule has 1 aliphatic heterocycles. The summed E-state index contributed by atoms with van der Waals surface area (Å²) in [5, 5.41) is 11.7. The minimum absolute atomic E-state index is 0.214. The number of aliphatic carboxylic acids is 1. The average molecular weight is 297 g/mol. The molecule has 0 saturated carbocycles. The predicted octanol–water partition coefficient (Wildman–Crippen LogP) is 0.597. The number of hydrogen-bond donors (Lipinski definition) is 2. The fourth-order valence-electron chi connectivity index (χ4n) is 2.12. The van der Waals surface area contributed by atoms with Gasteiger partial charge in [0.1, 0.15) is 0 Å². The van der Waals surface area contributed by atoms with E-state index in [1.165, 1.54) is 11.9 Å². The Balaban J connectivity index is 2.79. The summed E-state index contributed by atoms with van der Waals surface area (Å²) in [6.07, 6.45) is -5.49. The number of likely N-dealkylation sites (tertiary alicyclic amines) is 1. The van der Waals surface area contributed by atoms with Crippen molar-refractivity contribution in [2.45, 2.75) is 12.6 Å². The first-order valence-corrected chi connectivity index (χ1v) is 6.10. The fourth-order valence-corrected chi connectivity index (χ4v) is 2.12. The standard InChI is InChI=1S/C11H18F3N3O3/c1-15-4-6-16(2)9(20)17-5-3-10(7-17,8(18)19)11(12,13)14/h15H,3-7H2,1-2H3,(H,18,19). The number of urea groups is 1. The van der Waals surface area contributed by atoms with Crippen molar-refractivity contribution in [3.63, 3.8) is 0 Å². The Labute approximate surface area is 114 Å². The fraction of sp³-hybridized carbons (Fsp3) is 0.818. The third-order valence-electron chi connectivity index (χ3n) is 3.52. The van der Waals surface area contributed by atoms with Crippen LogP contribution in [0.2, 0.25) is 0 Å². The van der Waals surface area contributed by atoms with Crippen LogP contribution in [-0.2, 0) is 4.79 Å². The lowest BCUT2D eigenvalue weighted by molar-refractivity contribution is -0.227. The number of carbonyl (C=O) groups is 2. The summed E-state index contributed by atoms with van der Waals surface area (Å²) >= 11 is 0. The van der Waals surface area contributed by atoms with Crippen LogP contribution in [0.15, 0.2) is 0 Å². The molecule has 1 rings (SSSR count). The SMILES string of the molecule is CNCCN(C)C(=O)N1CCC(C(=O)O)(C(F)(F)F)C1. The Morgan fingerprint density at radius 3 is 2.45 bits per heavy atom. The van der Waals surface area contributed by atoms with E-state index in [0.29, 0.717) is 13.1 Å². The highest BCUT2D eigenvalue weighted by Crippen LogP contribution is 2.45. The van der Waals surface area contributed by atoms with Crippen LogP contribution >= 0.6 is 0 Å². The van der Waals surface area contributed by atoms with Gasteiger partial charge in [-0.1, -0.05) is 0 Å².